The summed E-state index contributed by atoms with van der Waals surface area (Å²) in [6, 6.07) is 15.2. The van der Waals surface area contributed by atoms with E-state index in [0.29, 0.717) is 11.8 Å². The second-order valence-electron chi connectivity index (χ2n) is 20.4. The van der Waals surface area contributed by atoms with Gasteiger partial charge in [0, 0.05) is 12.1 Å². The Labute approximate surface area is 364 Å². The van der Waals surface area contributed by atoms with Gasteiger partial charge in [-0.3, -0.25) is 9.59 Å². The van der Waals surface area contributed by atoms with Gasteiger partial charge in [0.15, 0.2) is 0 Å². The SMILES string of the molecule is CC(C)C(NC(=O)OC(C)(C)C)C(=O)N1[C@H](c2ncc(-c3ccc(-c4ccc(-c5cnc([C@@H]6C[C@H]7C[C@H]7N6C(=O)[C@@H](NC(=O)OC(C)(C)C)C(C)C)[nH]5)cc4)cc3)[nH]2)C[C@H]2C[C@@H]21. The van der Waals surface area contributed by atoms with Gasteiger partial charge in [-0.15, -0.1) is 0 Å². The summed E-state index contributed by atoms with van der Waals surface area (Å²) in [5.74, 6) is 1.94. The molecule has 2 saturated carbocycles. The summed E-state index contributed by atoms with van der Waals surface area (Å²) in [5, 5.41) is 5.69. The van der Waals surface area contributed by atoms with Crippen molar-refractivity contribution in [2.75, 3.05) is 0 Å². The molecule has 8 atom stereocenters. The number of ether oxygens (including phenoxy) is 2. The van der Waals surface area contributed by atoms with Crippen LogP contribution in [0.5, 0.6) is 0 Å². The number of nitrogens with one attached hydrogen (secondary N) is 4. The Morgan fingerprint density at radius 2 is 0.919 bits per heavy atom. The van der Waals surface area contributed by atoms with E-state index in [9.17, 15) is 19.2 Å². The number of nitrogens with zero attached hydrogens (tertiary/aromatic N) is 4. The van der Waals surface area contributed by atoms with Gasteiger partial charge in [0.1, 0.15) is 34.9 Å². The lowest BCUT2D eigenvalue weighted by Crippen LogP contribution is -2.52. The van der Waals surface area contributed by atoms with E-state index in [1.165, 1.54) is 0 Å². The van der Waals surface area contributed by atoms with Crippen molar-refractivity contribution >= 4 is 24.0 Å². The number of carbonyl (C=O) groups is 4. The Bertz CT molecular complexity index is 2140. The fourth-order valence-electron chi connectivity index (χ4n) is 9.24. The van der Waals surface area contributed by atoms with Crippen LogP contribution in [0.15, 0.2) is 60.9 Å². The van der Waals surface area contributed by atoms with E-state index in [4.69, 9.17) is 19.4 Å². The zero-order chi connectivity index (χ0) is 44.4. The van der Waals surface area contributed by atoms with E-state index < -0.39 is 35.5 Å². The minimum Gasteiger partial charge on any atom is -0.444 e. The van der Waals surface area contributed by atoms with Crippen LogP contribution in [0.2, 0.25) is 0 Å². The highest BCUT2D eigenvalue weighted by Gasteiger charge is 2.57. The molecule has 2 aromatic carbocycles. The van der Waals surface area contributed by atoms with Crippen LogP contribution >= 0.6 is 0 Å². The summed E-state index contributed by atoms with van der Waals surface area (Å²) in [5.41, 5.74) is 4.51. The number of likely N-dealkylation sites (tertiary alicyclic amines) is 2. The summed E-state index contributed by atoms with van der Waals surface area (Å²) >= 11 is 0. The lowest BCUT2D eigenvalue weighted by Gasteiger charge is -2.32. The van der Waals surface area contributed by atoms with E-state index in [1.807, 2.05) is 49.9 Å². The minimum absolute atomic E-state index is 0.100. The molecule has 0 radical (unpaired) electrons. The third-order valence-electron chi connectivity index (χ3n) is 12.5. The molecule has 4 amide bonds. The first-order valence-corrected chi connectivity index (χ1v) is 22.2. The molecule has 4 heterocycles. The topological polar surface area (TPSA) is 175 Å². The highest BCUT2D eigenvalue weighted by Crippen LogP contribution is 2.54. The second kappa shape index (κ2) is 16.2. The number of H-pyrrole nitrogens is 2. The monoisotopic (exact) mass is 846 g/mol. The molecule has 2 aliphatic carbocycles. The van der Waals surface area contributed by atoms with Crippen molar-refractivity contribution in [3.05, 3.63) is 72.6 Å². The molecule has 14 nitrogen and oxygen atoms in total. The molecule has 4 fully saturated rings. The van der Waals surface area contributed by atoms with Crippen LogP contribution in [-0.2, 0) is 19.1 Å². The van der Waals surface area contributed by atoms with E-state index in [0.717, 1.165) is 71.0 Å². The molecule has 330 valence electrons. The molecule has 62 heavy (non-hydrogen) atoms. The van der Waals surface area contributed by atoms with Crippen molar-refractivity contribution in [2.45, 2.75) is 142 Å². The predicted octanol–water partition coefficient (Wildman–Crippen LogP) is 8.56. The molecule has 2 saturated heterocycles. The van der Waals surface area contributed by atoms with Crippen LogP contribution in [0.25, 0.3) is 33.6 Å². The first kappa shape index (κ1) is 43.0. The number of fused-ring (bicyclic) bond motifs is 2. The summed E-state index contributed by atoms with van der Waals surface area (Å²) in [7, 11) is 0. The Kier molecular flexibility index (Phi) is 11.3. The Balaban J connectivity index is 0.915. The quantitative estimate of drug-likeness (QED) is 0.116. The van der Waals surface area contributed by atoms with Gasteiger partial charge in [0.25, 0.3) is 0 Å². The van der Waals surface area contributed by atoms with Gasteiger partial charge in [0.2, 0.25) is 11.8 Å². The van der Waals surface area contributed by atoms with Crippen LogP contribution in [0, 0.1) is 23.7 Å². The first-order chi connectivity index (χ1) is 29.2. The number of carbonyl (C=O) groups excluding carboxylic acids is 4. The zero-order valence-electron chi connectivity index (χ0n) is 37.6. The third kappa shape index (κ3) is 9.10. The molecule has 2 aromatic heterocycles. The molecule has 0 bridgehead atoms. The molecule has 0 spiro atoms. The average Bonchev–Trinajstić information content (AvgIpc) is 3.78. The van der Waals surface area contributed by atoms with E-state index in [-0.39, 0.29) is 47.8 Å². The van der Waals surface area contributed by atoms with Gasteiger partial charge < -0.3 is 39.9 Å². The minimum atomic E-state index is -0.703. The van der Waals surface area contributed by atoms with E-state index in [2.05, 4.69) is 69.1 Å². The largest absolute Gasteiger partial charge is 0.444 e. The van der Waals surface area contributed by atoms with Crippen molar-refractivity contribution in [2.24, 2.45) is 23.7 Å². The molecule has 4 aromatic rings. The maximum atomic E-state index is 14.0. The highest BCUT2D eigenvalue weighted by atomic mass is 16.6. The van der Waals surface area contributed by atoms with E-state index in [1.54, 1.807) is 41.5 Å². The van der Waals surface area contributed by atoms with Crippen molar-refractivity contribution in [3.63, 3.8) is 0 Å². The fourth-order valence-corrected chi connectivity index (χ4v) is 9.24. The number of hydrogen-bond acceptors (Lipinski definition) is 8. The fraction of sp³-hybridized carbons (Fsp3) is 0.542. The molecule has 4 N–H and O–H groups in total. The number of benzene rings is 2. The molecular formula is C48H62N8O6. The summed E-state index contributed by atoms with van der Waals surface area (Å²) in [4.78, 5) is 73.9. The molecule has 4 aliphatic rings. The Morgan fingerprint density at radius 3 is 1.24 bits per heavy atom. The average molecular weight is 847 g/mol. The van der Waals surface area contributed by atoms with Gasteiger partial charge >= 0.3 is 12.2 Å². The van der Waals surface area contributed by atoms with Gasteiger partial charge in [-0.25, -0.2) is 19.6 Å². The van der Waals surface area contributed by atoms with Crippen molar-refractivity contribution in [1.29, 1.82) is 0 Å². The number of aromatic amines is 2. The van der Waals surface area contributed by atoms with Gasteiger partial charge in [-0.2, -0.15) is 0 Å². The maximum Gasteiger partial charge on any atom is 0.408 e. The molecule has 14 heteroatoms. The van der Waals surface area contributed by atoms with Crippen molar-refractivity contribution in [1.82, 2.24) is 40.4 Å². The van der Waals surface area contributed by atoms with Crippen LogP contribution in [0.1, 0.15) is 119 Å². The normalized spacial score (nSPS) is 23.7. The summed E-state index contributed by atoms with van der Waals surface area (Å²) in [6.45, 7) is 18.6. The van der Waals surface area contributed by atoms with Crippen LogP contribution in [0.4, 0.5) is 9.59 Å². The second-order valence-corrected chi connectivity index (χ2v) is 20.4. The number of piperidine rings is 2. The number of hydrogen-bond donors (Lipinski definition) is 4. The lowest BCUT2D eigenvalue weighted by molar-refractivity contribution is -0.137. The number of aromatic nitrogens is 4. The third-order valence-corrected chi connectivity index (χ3v) is 12.5. The van der Waals surface area contributed by atoms with Crippen LogP contribution < -0.4 is 10.6 Å². The smallest absolute Gasteiger partial charge is 0.408 e. The number of rotatable bonds is 11. The van der Waals surface area contributed by atoms with Gasteiger partial charge in [-0.05, 0) is 113 Å². The van der Waals surface area contributed by atoms with Gasteiger partial charge in [-0.1, -0.05) is 76.2 Å². The Morgan fingerprint density at radius 1 is 0.581 bits per heavy atom. The maximum absolute atomic E-state index is 14.0. The standard InChI is InChI=1S/C48H62N8O6/c1-25(2)39(53-45(59)61-47(5,6)7)43(57)55-35-19-31(35)21-37(55)41-49-23-33(51-41)29-15-11-27(12-16-29)28-13-17-30(18-14-28)34-24-50-42(52-34)38-22-32-20-36(32)56(38)44(58)40(26(3)4)54-46(60)62-48(8,9)10/h11-18,23-26,31-32,35-40H,19-22H2,1-10H3,(H,49,51)(H,50,52)(H,53,59)(H,54,60)/t31-,32-,35-,36+,37+,38+,39+,40?/m1/s1. The number of amides is 4. The number of alkyl carbamates (subject to hydrolysis) is 2. The molecular weight excluding hydrogens is 785 g/mol. The molecule has 1 unspecified atom stereocenters. The predicted molar refractivity (Wildman–Crippen MR) is 235 cm³/mol. The van der Waals surface area contributed by atoms with Crippen molar-refractivity contribution < 1.29 is 28.7 Å². The molecule has 8 rings (SSSR count). The zero-order valence-corrected chi connectivity index (χ0v) is 37.6. The molecule has 2 aliphatic heterocycles. The van der Waals surface area contributed by atoms with Crippen LogP contribution in [-0.4, -0.2) is 89.1 Å². The van der Waals surface area contributed by atoms with Gasteiger partial charge in [0.05, 0.1) is 35.9 Å². The lowest BCUT2D eigenvalue weighted by atomic mass is 10.0. The Hall–Kier alpha value is -5.66. The van der Waals surface area contributed by atoms with Crippen LogP contribution in [0.3, 0.4) is 0 Å². The van der Waals surface area contributed by atoms with E-state index >= 15 is 0 Å². The number of imidazole rings is 2. The van der Waals surface area contributed by atoms with Crippen molar-refractivity contribution in [3.8, 4) is 33.6 Å². The highest BCUT2D eigenvalue weighted by molar-refractivity contribution is 5.88. The summed E-state index contributed by atoms with van der Waals surface area (Å²) < 4.78 is 11.0. The first-order valence-electron chi connectivity index (χ1n) is 22.2. The summed E-state index contributed by atoms with van der Waals surface area (Å²) in [6.07, 6.45) is 6.09.